The number of non-ortho nitro benzene ring substituents is 1. The molecule has 1 aromatic rings. The molecule has 0 unspecified atom stereocenters. The van der Waals surface area contributed by atoms with Gasteiger partial charge in [0.25, 0.3) is 5.69 Å². The van der Waals surface area contributed by atoms with Crippen molar-refractivity contribution in [1.82, 2.24) is 0 Å². The summed E-state index contributed by atoms with van der Waals surface area (Å²) in [6.45, 7) is 5.55. The topological polar surface area (TPSA) is 81.8 Å². The Morgan fingerprint density at radius 1 is 1.41 bits per heavy atom. The van der Waals surface area contributed by atoms with Crippen LogP contribution in [-0.2, 0) is 15.1 Å². The van der Waals surface area contributed by atoms with Crippen LogP contribution in [0.3, 0.4) is 0 Å². The average molecular weight is 391 g/mol. The monoisotopic (exact) mass is 390 g/mol. The first-order valence-corrected chi connectivity index (χ1v) is 10.4. The summed E-state index contributed by atoms with van der Waals surface area (Å²) >= 11 is 1.62. The molecule has 3 rings (SSSR count). The second kappa shape index (κ2) is 7.62. The Balaban J connectivity index is 1.94. The number of carbonyl (C=O) groups is 1. The van der Waals surface area contributed by atoms with Gasteiger partial charge in [0.1, 0.15) is 5.60 Å². The van der Waals surface area contributed by atoms with Crippen molar-refractivity contribution in [3.8, 4) is 0 Å². The van der Waals surface area contributed by atoms with Crippen LogP contribution in [0.2, 0.25) is 0 Å². The Morgan fingerprint density at radius 2 is 2.19 bits per heavy atom. The third-order valence-electron chi connectivity index (χ3n) is 5.08. The number of esters is 1. The van der Waals surface area contributed by atoms with Crippen LogP contribution in [0.5, 0.6) is 0 Å². The van der Waals surface area contributed by atoms with Crippen LogP contribution in [0.4, 0.5) is 5.69 Å². The molecule has 7 heteroatoms. The summed E-state index contributed by atoms with van der Waals surface area (Å²) in [5, 5.41) is 12.0. The number of aliphatic imine (C=N–C) groups is 1. The highest BCUT2D eigenvalue weighted by Gasteiger charge is 2.45. The number of fused-ring (bicyclic) bond motifs is 1. The number of ether oxygens (including phenoxy) is 1. The second-order valence-electron chi connectivity index (χ2n) is 8.25. The predicted molar refractivity (Wildman–Crippen MR) is 107 cm³/mol. The van der Waals surface area contributed by atoms with E-state index in [1.54, 1.807) is 23.9 Å². The zero-order valence-corrected chi connectivity index (χ0v) is 16.9. The maximum absolute atomic E-state index is 12.3. The molecule has 0 aromatic heterocycles. The van der Waals surface area contributed by atoms with Gasteiger partial charge in [-0.3, -0.25) is 19.9 Å². The van der Waals surface area contributed by atoms with Crippen molar-refractivity contribution in [2.24, 2.45) is 10.9 Å². The maximum atomic E-state index is 12.3. The lowest BCUT2D eigenvalue weighted by Crippen LogP contribution is -2.41. The van der Waals surface area contributed by atoms with Crippen molar-refractivity contribution >= 4 is 28.5 Å². The molecular weight excluding hydrogens is 364 g/mol. The van der Waals surface area contributed by atoms with Crippen LogP contribution < -0.4 is 0 Å². The van der Waals surface area contributed by atoms with Crippen LogP contribution in [0.1, 0.15) is 58.4 Å². The van der Waals surface area contributed by atoms with E-state index < -0.39 is 11.1 Å². The number of nitro groups is 1. The number of nitrogens with zero attached hydrogens (tertiary/aromatic N) is 2. The molecule has 6 nitrogen and oxygen atoms in total. The lowest BCUT2D eigenvalue weighted by molar-refractivity contribution is -0.385. The number of nitro benzene ring substituents is 1. The molecule has 0 spiro atoms. The summed E-state index contributed by atoms with van der Waals surface area (Å²) < 4.78 is 5.44. The zero-order valence-electron chi connectivity index (χ0n) is 16.1. The van der Waals surface area contributed by atoms with Gasteiger partial charge in [0.05, 0.1) is 21.9 Å². The summed E-state index contributed by atoms with van der Waals surface area (Å²) in [6, 6.07) is 6.85. The van der Waals surface area contributed by atoms with Gasteiger partial charge >= 0.3 is 5.97 Å². The number of rotatable bonds is 4. The SMILES string of the molecule is CC(C)(C)OC(=O)CC1=N[C@@]2(c3cccc([N+](=O)[O-])c3)CCCC[C@H]2CS1. The summed E-state index contributed by atoms with van der Waals surface area (Å²) in [4.78, 5) is 28.2. The Bertz CT molecular complexity index is 771. The number of carbonyl (C=O) groups excluding carboxylic acids is 1. The van der Waals surface area contributed by atoms with Gasteiger partial charge in [0, 0.05) is 17.9 Å². The summed E-state index contributed by atoms with van der Waals surface area (Å²) in [5.41, 5.74) is -0.00806. The molecule has 1 fully saturated rings. The fourth-order valence-electron chi connectivity index (χ4n) is 3.97. The molecule has 0 amide bonds. The van der Waals surface area contributed by atoms with Crippen molar-refractivity contribution in [3.63, 3.8) is 0 Å². The van der Waals surface area contributed by atoms with Crippen molar-refractivity contribution in [2.75, 3.05) is 5.75 Å². The zero-order chi connectivity index (χ0) is 19.7. The Morgan fingerprint density at radius 3 is 2.89 bits per heavy atom. The van der Waals surface area contributed by atoms with E-state index in [4.69, 9.17) is 9.73 Å². The highest BCUT2D eigenvalue weighted by Crippen LogP contribution is 2.50. The quantitative estimate of drug-likeness (QED) is 0.417. The molecule has 1 aliphatic carbocycles. The number of benzene rings is 1. The third-order valence-corrected chi connectivity index (χ3v) is 6.22. The minimum atomic E-state index is -0.526. The largest absolute Gasteiger partial charge is 0.460 e. The molecule has 1 saturated carbocycles. The lowest BCUT2D eigenvalue weighted by atomic mass is 9.69. The van der Waals surface area contributed by atoms with Gasteiger partial charge in [-0.1, -0.05) is 25.0 Å². The fraction of sp³-hybridized carbons (Fsp3) is 0.600. The van der Waals surface area contributed by atoms with Gasteiger partial charge in [0.15, 0.2) is 0 Å². The average Bonchev–Trinajstić information content (AvgIpc) is 2.60. The van der Waals surface area contributed by atoms with Crippen molar-refractivity contribution in [3.05, 3.63) is 39.9 Å². The normalized spacial score (nSPS) is 25.3. The van der Waals surface area contributed by atoms with Crippen LogP contribution in [0.15, 0.2) is 29.3 Å². The van der Waals surface area contributed by atoms with Gasteiger partial charge in [-0.25, -0.2) is 0 Å². The Hall–Kier alpha value is -1.89. The van der Waals surface area contributed by atoms with E-state index in [-0.39, 0.29) is 23.0 Å². The molecule has 2 atom stereocenters. The first kappa shape index (κ1) is 19.9. The molecule has 1 aliphatic heterocycles. The highest BCUT2D eigenvalue weighted by atomic mass is 32.2. The molecule has 1 aromatic carbocycles. The van der Waals surface area contributed by atoms with Gasteiger partial charge in [-0.05, 0) is 45.1 Å². The van der Waals surface area contributed by atoms with E-state index in [1.807, 2.05) is 26.8 Å². The minimum absolute atomic E-state index is 0.0910. The van der Waals surface area contributed by atoms with Crippen molar-refractivity contribution < 1.29 is 14.5 Å². The summed E-state index contributed by atoms with van der Waals surface area (Å²) in [6.07, 6.45) is 4.26. The summed E-state index contributed by atoms with van der Waals surface area (Å²) in [7, 11) is 0. The van der Waals surface area contributed by atoms with E-state index in [1.165, 1.54) is 6.07 Å². The van der Waals surface area contributed by atoms with Crippen LogP contribution >= 0.6 is 11.8 Å². The molecule has 0 bridgehead atoms. The Labute approximate surface area is 163 Å². The molecule has 0 radical (unpaired) electrons. The van der Waals surface area contributed by atoms with E-state index >= 15 is 0 Å². The van der Waals surface area contributed by atoms with Gasteiger partial charge in [-0.15, -0.1) is 11.8 Å². The van der Waals surface area contributed by atoms with E-state index in [0.717, 1.165) is 42.0 Å². The molecule has 146 valence electrons. The maximum Gasteiger partial charge on any atom is 0.312 e. The van der Waals surface area contributed by atoms with Crippen LogP contribution in [0.25, 0.3) is 0 Å². The lowest BCUT2D eigenvalue weighted by Gasteiger charge is -2.44. The van der Waals surface area contributed by atoms with Crippen molar-refractivity contribution in [2.45, 2.75) is 64.0 Å². The van der Waals surface area contributed by atoms with Crippen LogP contribution in [-0.4, -0.2) is 27.3 Å². The second-order valence-corrected chi connectivity index (χ2v) is 9.35. The third kappa shape index (κ3) is 4.51. The predicted octanol–water partition coefficient (Wildman–Crippen LogP) is 4.86. The molecule has 0 N–H and O–H groups in total. The van der Waals surface area contributed by atoms with Crippen molar-refractivity contribution in [1.29, 1.82) is 0 Å². The van der Waals surface area contributed by atoms with E-state index in [2.05, 4.69) is 0 Å². The standard InChI is InChI=1S/C20H26N2O4S/c1-19(2,3)26-18(23)12-17-21-20(10-5-4-7-15(20)13-27-17)14-8-6-9-16(11-14)22(24)25/h6,8-9,11,15H,4-5,7,10,12-13H2,1-3H3/t15-,20+/m0/s1. The molecular formula is C20H26N2O4S. The number of hydrogen-bond donors (Lipinski definition) is 0. The van der Waals surface area contributed by atoms with Gasteiger partial charge in [-0.2, -0.15) is 0 Å². The van der Waals surface area contributed by atoms with Gasteiger partial charge in [0.2, 0.25) is 0 Å². The molecule has 0 saturated heterocycles. The minimum Gasteiger partial charge on any atom is -0.460 e. The fourth-order valence-corrected chi connectivity index (χ4v) is 5.26. The first-order valence-electron chi connectivity index (χ1n) is 9.38. The summed E-state index contributed by atoms with van der Waals surface area (Å²) in [5.74, 6) is 0.933. The highest BCUT2D eigenvalue weighted by molar-refractivity contribution is 8.14. The number of hydrogen-bond acceptors (Lipinski definition) is 6. The molecule has 1 heterocycles. The molecule has 27 heavy (non-hydrogen) atoms. The van der Waals surface area contributed by atoms with Gasteiger partial charge < -0.3 is 4.74 Å². The van der Waals surface area contributed by atoms with E-state index in [0.29, 0.717) is 5.92 Å². The smallest absolute Gasteiger partial charge is 0.312 e. The van der Waals surface area contributed by atoms with E-state index in [9.17, 15) is 14.9 Å². The first-order chi connectivity index (χ1) is 12.7. The number of thioether (sulfide) groups is 1. The van der Waals surface area contributed by atoms with Crippen LogP contribution in [0, 0.1) is 16.0 Å². The molecule has 2 aliphatic rings. The Kier molecular flexibility index (Phi) is 5.60.